The van der Waals surface area contributed by atoms with Crippen LogP contribution in [-0.2, 0) is 10.0 Å². The van der Waals surface area contributed by atoms with Gasteiger partial charge in [0.15, 0.2) is 5.82 Å². The molecule has 29 heavy (non-hydrogen) atoms. The van der Waals surface area contributed by atoms with Crippen molar-refractivity contribution < 1.29 is 22.3 Å². The molecule has 1 aliphatic heterocycles. The van der Waals surface area contributed by atoms with Crippen LogP contribution in [0.5, 0.6) is 0 Å². The van der Waals surface area contributed by atoms with Gasteiger partial charge in [-0.05, 0) is 31.2 Å². The van der Waals surface area contributed by atoms with Crippen LogP contribution in [0.25, 0.3) is 10.9 Å². The molecule has 0 aliphatic carbocycles. The van der Waals surface area contributed by atoms with Crippen LogP contribution < -0.4 is 4.90 Å². The second kappa shape index (κ2) is 6.93. The Balaban J connectivity index is 1.94. The summed E-state index contributed by atoms with van der Waals surface area (Å²) < 4.78 is 55.3. The molecule has 0 amide bonds. The summed E-state index contributed by atoms with van der Waals surface area (Å²) in [6, 6.07) is 9.98. The van der Waals surface area contributed by atoms with Crippen LogP contribution in [0.4, 0.5) is 14.6 Å². The van der Waals surface area contributed by atoms with Crippen molar-refractivity contribution in [3.05, 3.63) is 53.1 Å². The van der Waals surface area contributed by atoms with E-state index in [9.17, 15) is 22.3 Å². The van der Waals surface area contributed by atoms with Crippen LogP contribution in [0, 0.1) is 6.92 Å². The van der Waals surface area contributed by atoms with Gasteiger partial charge in [0.25, 0.3) is 15.9 Å². The van der Waals surface area contributed by atoms with E-state index in [4.69, 9.17) is 11.6 Å². The van der Waals surface area contributed by atoms with Gasteiger partial charge in [-0.3, -0.25) is 0 Å². The SMILES string of the molecule is Cc1ccc(S(=O)(=O)n2nc(N3CC(F)(F)C[C@H]3CO)c3c(Cl)cccc32)cc1. The first-order valence-electron chi connectivity index (χ1n) is 8.89. The largest absolute Gasteiger partial charge is 0.394 e. The Hall–Kier alpha value is -2.23. The Labute approximate surface area is 171 Å². The standard InChI is InChI=1S/C19H18ClF2N3O3S/c1-12-5-7-14(8-6-12)29(27,28)25-16-4-2-3-15(20)17(16)18(23-25)24-11-19(21,22)9-13(24)10-26/h2-8,13,26H,9-11H2,1H3/t13-/m0/s1. The fourth-order valence-corrected chi connectivity index (χ4v) is 5.12. The van der Waals surface area contributed by atoms with Gasteiger partial charge in [0.05, 0.1) is 40.0 Å². The molecule has 0 bridgehead atoms. The highest BCUT2D eigenvalue weighted by molar-refractivity contribution is 7.90. The van der Waals surface area contributed by atoms with Crippen molar-refractivity contribution >= 4 is 38.3 Å². The normalized spacial score (nSPS) is 19.2. The lowest BCUT2D eigenvalue weighted by Crippen LogP contribution is -2.33. The van der Waals surface area contributed by atoms with Crippen molar-refractivity contribution in [1.82, 2.24) is 9.19 Å². The zero-order valence-electron chi connectivity index (χ0n) is 15.4. The lowest BCUT2D eigenvalue weighted by Gasteiger charge is -2.22. The number of fused-ring (bicyclic) bond motifs is 1. The number of rotatable bonds is 4. The van der Waals surface area contributed by atoms with Gasteiger partial charge in [0.2, 0.25) is 0 Å². The zero-order valence-corrected chi connectivity index (χ0v) is 17.0. The maximum absolute atomic E-state index is 14.0. The number of aromatic nitrogens is 2. The number of anilines is 1. The van der Waals surface area contributed by atoms with Gasteiger partial charge in [0, 0.05) is 6.42 Å². The van der Waals surface area contributed by atoms with Crippen molar-refractivity contribution in [1.29, 1.82) is 0 Å². The second-order valence-corrected chi connectivity index (χ2v) is 9.32. The highest BCUT2D eigenvalue weighted by Gasteiger charge is 2.46. The molecule has 154 valence electrons. The lowest BCUT2D eigenvalue weighted by atomic mass is 10.2. The fraction of sp³-hybridized carbons (Fsp3) is 0.316. The van der Waals surface area contributed by atoms with Crippen LogP contribution in [0.1, 0.15) is 12.0 Å². The summed E-state index contributed by atoms with van der Waals surface area (Å²) >= 11 is 6.31. The van der Waals surface area contributed by atoms with Gasteiger partial charge in [-0.2, -0.15) is 12.5 Å². The van der Waals surface area contributed by atoms with E-state index >= 15 is 0 Å². The third-order valence-electron chi connectivity index (χ3n) is 5.01. The minimum atomic E-state index is -4.09. The van der Waals surface area contributed by atoms with Crippen LogP contribution in [0.15, 0.2) is 47.4 Å². The quantitative estimate of drug-likeness (QED) is 0.671. The van der Waals surface area contributed by atoms with Gasteiger partial charge in [-0.25, -0.2) is 8.78 Å². The summed E-state index contributed by atoms with van der Waals surface area (Å²) in [5.74, 6) is -3.02. The zero-order chi connectivity index (χ0) is 21.0. The molecular weight excluding hydrogens is 424 g/mol. The van der Waals surface area contributed by atoms with E-state index in [0.717, 1.165) is 9.65 Å². The van der Waals surface area contributed by atoms with Gasteiger partial charge in [-0.15, -0.1) is 5.10 Å². The highest BCUT2D eigenvalue weighted by atomic mass is 35.5. The summed E-state index contributed by atoms with van der Waals surface area (Å²) in [5, 5.41) is 14.2. The Morgan fingerprint density at radius 1 is 1.24 bits per heavy atom. The van der Waals surface area contributed by atoms with Crippen LogP contribution in [0.2, 0.25) is 5.02 Å². The number of hydrogen-bond acceptors (Lipinski definition) is 5. The van der Waals surface area contributed by atoms with E-state index < -0.39 is 41.6 Å². The second-order valence-electron chi connectivity index (χ2n) is 7.14. The topological polar surface area (TPSA) is 75.4 Å². The third kappa shape index (κ3) is 3.37. The first-order chi connectivity index (χ1) is 13.6. The van der Waals surface area contributed by atoms with Crippen molar-refractivity contribution in [3.8, 4) is 0 Å². The average molecular weight is 442 g/mol. The van der Waals surface area contributed by atoms with Crippen molar-refractivity contribution in [2.75, 3.05) is 18.1 Å². The van der Waals surface area contributed by atoms with E-state index in [0.29, 0.717) is 0 Å². The van der Waals surface area contributed by atoms with Crippen LogP contribution in [0.3, 0.4) is 0 Å². The molecule has 10 heteroatoms. The molecule has 0 radical (unpaired) electrons. The van der Waals surface area contributed by atoms with Gasteiger partial charge < -0.3 is 10.0 Å². The summed E-state index contributed by atoms with van der Waals surface area (Å²) in [7, 11) is -4.09. The summed E-state index contributed by atoms with van der Waals surface area (Å²) in [6.07, 6.45) is -0.549. The molecule has 0 spiro atoms. The van der Waals surface area contributed by atoms with E-state index in [1.165, 1.54) is 23.1 Å². The molecule has 0 saturated carbocycles. The van der Waals surface area contributed by atoms with Crippen molar-refractivity contribution in [2.45, 2.75) is 30.2 Å². The van der Waals surface area contributed by atoms with E-state index in [2.05, 4.69) is 5.10 Å². The molecular formula is C19H18ClF2N3O3S. The molecule has 1 saturated heterocycles. The van der Waals surface area contributed by atoms with E-state index in [1.54, 1.807) is 24.3 Å². The lowest BCUT2D eigenvalue weighted by molar-refractivity contribution is 0.0201. The average Bonchev–Trinajstić information content (AvgIpc) is 3.20. The Bertz CT molecular complexity index is 1180. The molecule has 1 fully saturated rings. The number of halogens is 3. The summed E-state index contributed by atoms with van der Waals surface area (Å²) in [6.45, 7) is 0.638. The monoisotopic (exact) mass is 441 g/mol. The number of aryl methyl sites for hydroxylation is 1. The van der Waals surface area contributed by atoms with E-state index in [1.807, 2.05) is 6.92 Å². The van der Waals surface area contributed by atoms with Crippen LogP contribution in [-0.4, -0.2) is 47.8 Å². The fourth-order valence-electron chi connectivity index (χ4n) is 3.59. The molecule has 3 aromatic rings. The molecule has 1 N–H and O–H groups in total. The highest BCUT2D eigenvalue weighted by Crippen LogP contribution is 2.40. The van der Waals surface area contributed by atoms with Gasteiger partial charge in [-0.1, -0.05) is 35.4 Å². The smallest absolute Gasteiger partial charge is 0.283 e. The number of alkyl halides is 2. The number of aliphatic hydroxyl groups excluding tert-OH is 1. The number of benzene rings is 2. The maximum atomic E-state index is 14.0. The molecule has 6 nitrogen and oxygen atoms in total. The van der Waals surface area contributed by atoms with Gasteiger partial charge >= 0.3 is 0 Å². The Morgan fingerprint density at radius 2 is 1.93 bits per heavy atom. The van der Waals surface area contributed by atoms with Gasteiger partial charge in [0.1, 0.15) is 0 Å². The molecule has 1 aromatic heterocycles. The summed E-state index contributed by atoms with van der Waals surface area (Å²) in [5.41, 5.74) is 1.07. The summed E-state index contributed by atoms with van der Waals surface area (Å²) in [4.78, 5) is 1.25. The molecule has 4 rings (SSSR count). The molecule has 2 heterocycles. The minimum absolute atomic E-state index is 0.0116. The minimum Gasteiger partial charge on any atom is -0.394 e. The van der Waals surface area contributed by atoms with Crippen molar-refractivity contribution in [3.63, 3.8) is 0 Å². The first-order valence-corrected chi connectivity index (χ1v) is 10.7. The number of aliphatic hydroxyl groups is 1. The predicted molar refractivity (Wildman–Crippen MR) is 106 cm³/mol. The number of hydrogen-bond donors (Lipinski definition) is 1. The van der Waals surface area contributed by atoms with Crippen molar-refractivity contribution in [2.24, 2.45) is 0 Å². The Kier molecular flexibility index (Phi) is 4.79. The molecule has 2 aromatic carbocycles. The third-order valence-corrected chi connectivity index (χ3v) is 6.93. The van der Waals surface area contributed by atoms with E-state index in [-0.39, 0.29) is 26.6 Å². The number of nitrogens with zero attached hydrogens (tertiary/aromatic N) is 3. The maximum Gasteiger partial charge on any atom is 0.283 e. The molecule has 0 unspecified atom stereocenters. The van der Waals surface area contributed by atoms with Crippen LogP contribution >= 0.6 is 11.6 Å². The molecule has 1 atom stereocenters. The Morgan fingerprint density at radius 3 is 2.59 bits per heavy atom. The predicted octanol–water partition coefficient (Wildman–Crippen LogP) is 3.44. The molecule has 1 aliphatic rings. The first kappa shape index (κ1) is 20.1.